The number of halogens is 1. The van der Waals surface area contributed by atoms with Crippen LogP contribution in [0.1, 0.15) is 121 Å². The van der Waals surface area contributed by atoms with Gasteiger partial charge in [0.25, 0.3) is 0 Å². The fourth-order valence-electron chi connectivity index (χ4n) is 3.98. The first kappa shape index (κ1) is 28.0. The molecule has 1 rings (SSSR count). The Morgan fingerprint density at radius 2 is 1.35 bits per heavy atom. The molecule has 0 fully saturated rings. The average molecular weight is 450 g/mol. The van der Waals surface area contributed by atoms with Crippen molar-refractivity contribution in [2.75, 3.05) is 6.61 Å². The van der Waals surface area contributed by atoms with E-state index >= 15 is 0 Å². The summed E-state index contributed by atoms with van der Waals surface area (Å²) in [6.07, 6.45) is 21.0. The number of hydrogen-bond donors (Lipinski definition) is 1. The number of nitriles is 1. The van der Waals surface area contributed by atoms with Gasteiger partial charge >= 0.3 is 0 Å². The molecule has 3 nitrogen and oxygen atoms in total. The number of benzene rings is 1. The van der Waals surface area contributed by atoms with Crippen LogP contribution in [0.2, 0.25) is 5.02 Å². The zero-order chi connectivity index (χ0) is 22.6. The van der Waals surface area contributed by atoms with Gasteiger partial charge in [0, 0.05) is 5.02 Å². The van der Waals surface area contributed by atoms with Gasteiger partial charge in [-0.3, -0.25) is 0 Å². The molecular weight excluding hydrogens is 406 g/mol. The number of unbranched alkanes of at least 4 members (excludes halogenated alkanes) is 14. The van der Waals surface area contributed by atoms with Crippen molar-refractivity contribution in [3.8, 4) is 6.07 Å². The van der Waals surface area contributed by atoms with E-state index < -0.39 is 0 Å². The minimum Gasteiger partial charge on any atom is -0.394 e. The van der Waals surface area contributed by atoms with Gasteiger partial charge < -0.3 is 9.84 Å². The Bertz CT molecular complexity index is 599. The summed E-state index contributed by atoms with van der Waals surface area (Å²) in [6, 6.07) is 7.34. The second kappa shape index (κ2) is 19.6. The maximum absolute atomic E-state index is 9.57. The van der Waals surface area contributed by atoms with Crippen molar-refractivity contribution in [3.05, 3.63) is 34.3 Å². The number of hydrogen-bond acceptors (Lipinski definition) is 3. The summed E-state index contributed by atoms with van der Waals surface area (Å²) in [4.78, 5) is 0. The molecule has 0 radical (unpaired) electrons. The largest absolute Gasteiger partial charge is 0.394 e. The van der Waals surface area contributed by atoms with Gasteiger partial charge in [-0.15, -0.1) is 0 Å². The fraction of sp³-hybridized carbons (Fsp3) is 0.741. The molecule has 0 saturated carbocycles. The molecule has 0 aromatic heterocycles. The van der Waals surface area contributed by atoms with E-state index in [0.717, 1.165) is 18.4 Å². The molecule has 4 heteroatoms. The molecule has 0 aliphatic carbocycles. The van der Waals surface area contributed by atoms with Gasteiger partial charge in [-0.1, -0.05) is 115 Å². The summed E-state index contributed by atoms with van der Waals surface area (Å²) >= 11 is 6.03. The molecule has 1 aromatic carbocycles. The standard InChI is InChI=1S/C27H44ClNO2/c1-2-3-4-5-6-7-8-9-10-11-12-13-14-15-16-17-27(22-30)31-23-25-18-24(21-29)19-26(28)20-25/h18-20,27,30H,2-17,22-23H2,1H3/t27-/m1/s1. The lowest BCUT2D eigenvalue weighted by Gasteiger charge is -2.15. The molecule has 0 heterocycles. The van der Waals surface area contributed by atoms with E-state index in [-0.39, 0.29) is 12.7 Å². The summed E-state index contributed by atoms with van der Waals surface area (Å²) < 4.78 is 5.83. The Kier molecular flexibility index (Phi) is 17.7. The van der Waals surface area contributed by atoms with E-state index in [1.165, 1.54) is 89.9 Å². The summed E-state index contributed by atoms with van der Waals surface area (Å²) in [5.41, 5.74) is 1.41. The highest BCUT2D eigenvalue weighted by Crippen LogP contribution is 2.18. The number of nitrogens with zero attached hydrogens (tertiary/aromatic N) is 1. The molecule has 0 amide bonds. The van der Waals surface area contributed by atoms with E-state index in [2.05, 4.69) is 13.0 Å². The average Bonchev–Trinajstić information content (AvgIpc) is 2.78. The van der Waals surface area contributed by atoms with E-state index in [0.29, 0.717) is 17.2 Å². The van der Waals surface area contributed by atoms with Crippen LogP contribution in [0.3, 0.4) is 0 Å². The van der Waals surface area contributed by atoms with Gasteiger partial charge in [-0.25, -0.2) is 0 Å². The molecule has 0 aliphatic heterocycles. The van der Waals surface area contributed by atoms with Crippen LogP contribution in [-0.4, -0.2) is 17.8 Å². The Hall–Kier alpha value is -1.08. The smallest absolute Gasteiger partial charge is 0.0992 e. The van der Waals surface area contributed by atoms with Crippen LogP contribution in [0.4, 0.5) is 0 Å². The topological polar surface area (TPSA) is 53.2 Å². The van der Waals surface area contributed by atoms with Gasteiger partial charge in [-0.2, -0.15) is 5.26 Å². The van der Waals surface area contributed by atoms with Crippen molar-refractivity contribution in [3.63, 3.8) is 0 Å². The Morgan fingerprint density at radius 3 is 1.84 bits per heavy atom. The lowest BCUT2D eigenvalue weighted by Crippen LogP contribution is -2.17. The van der Waals surface area contributed by atoms with Crippen LogP contribution in [0.25, 0.3) is 0 Å². The maximum atomic E-state index is 9.57. The third-order valence-corrected chi connectivity index (χ3v) is 6.12. The lowest BCUT2D eigenvalue weighted by molar-refractivity contribution is -0.00349. The SMILES string of the molecule is CCCCCCCCCCCCCCCCC[C@H](CO)OCc1cc(Cl)cc(C#N)c1. The van der Waals surface area contributed by atoms with Crippen molar-refractivity contribution in [1.29, 1.82) is 5.26 Å². The highest BCUT2D eigenvalue weighted by atomic mass is 35.5. The van der Waals surface area contributed by atoms with Crippen LogP contribution in [0, 0.1) is 11.3 Å². The van der Waals surface area contributed by atoms with Crippen LogP contribution in [0.5, 0.6) is 0 Å². The van der Waals surface area contributed by atoms with Crippen molar-refractivity contribution >= 4 is 11.6 Å². The third-order valence-electron chi connectivity index (χ3n) is 5.91. The quantitative estimate of drug-likeness (QED) is 0.203. The predicted octanol–water partition coefficient (Wildman–Crippen LogP) is 8.35. The second-order valence-electron chi connectivity index (χ2n) is 8.81. The fourth-order valence-corrected chi connectivity index (χ4v) is 4.24. The molecule has 0 unspecified atom stereocenters. The summed E-state index contributed by atoms with van der Waals surface area (Å²) in [6.45, 7) is 2.68. The minimum atomic E-state index is -0.147. The first-order valence-corrected chi connectivity index (χ1v) is 13.0. The number of ether oxygens (including phenoxy) is 1. The van der Waals surface area contributed by atoms with Crippen LogP contribution < -0.4 is 0 Å². The monoisotopic (exact) mass is 449 g/mol. The molecule has 0 aliphatic rings. The lowest BCUT2D eigenvalue weighted by atomic mass is 10.0. The van der Waals surface area contributed by atoms with E-state index in [1.54, 1.807) is 12.1 Å². The van der Waals surface area contributed by atoms with Gasteiger partial charge in [0.05, 0.1) is 31.0 Å². The Labute approximate surface area is 196 Å². The molecule has 176 valence electrons. The Morgan fingerprint density at radius 1 is 0.839 bits per heavy atom. The molecule has 0 spiro atoms. The van der Waals surface area contributed by atoms with Crippen molar-refractivity contribution in [2.45, 2.75) is 122 Å². The second-order valence-corrected chi connectivity index (χ2v) is 9.25. The molecule has 1 aromatic rings. The van der Waals surface area contributed by atoms with Crippen molar-refractivity contribution < 1.29 is 9.84 Å². The molecule has 1 atom stereocenters. The van der Waals surface area contributed by atoms with Gasteiger partial charge in [0.1, 0.15) is 0 Å². The highest BCUT2D eigenvalue weighted by molar-refractivity contribution is 6.30. The molecule has 0 bridgehead atoms. The first-order valence-electron chi connectivity index (χ1n) is 12.6. The van der Waals surface area contributed by atoms with Crippen molar-refractivity contribution in [1.82, 2.24) is 0 Å². The number of rotatable bonds is 20. The predicted molar refractivity (Wildman–Crippen MR) is 131 cm³/mol. The van der Waals surface area contributed by atoms with Gasteiger partial charge in [0.15, 0.2) is 0 Å². The van der Waals surface area contributed by atoms with Gasteiger partial charge in [-0.05, 0) is 30.2 Å². The van der Waals surface area contributed by atoms with E-state index in [4.69, 9.17) is 21.6 Å². The van der Waals surface area contributed by atoms with Crippen LogP contribution in [-0.2, 0) is 11.3 Å². The number of aliphatic hydroxyl groups is 1. The first-order chi connectivity index (χ1) is 15.2. The summed E-state index contributed by atoms with van der Waals surface area (Å²) in [5.74, 6) is 0. The summed E-state index contributed by atoms with van der Waals surface area (Å²) in [5, 5.41) is 19.1. The van der Waals surface area contributed by atoms with Gasteiger partial charge in [0.2, 0.25) is 0 Å². The minimum absolute atomic E-state index is 0.0320. The molecule has 0 saturated heterocycles. The molecular formula is C27H44ClNO2. The normalized spacial score (nSPS) is 12.1. The zero-order valence-electron chi connectivity index (χ0n) is 19.7. The summed E-state index contributed by atoms with van der Waals surface area (Å²) in [7, 11) is 0. The number of aliphatic hydroxyl groups excluding tert-OH is 1. The molecule has 31 heavy (non-hydrogen) atoms. The highest BCUT2D eigenvalue weighted by Gasteiger charge is 2.09. The third kappa shape index (κ3) is 15.4. The maximum Gasteiger partial charge on any atom is 0.0992 e. The van der Waals surface area contributed by atoms with Crippen LogP contribution >= 0.6 is 11.6 Å². The van der Waals surface area contributed by atoms with Crippen molar-refractivity contribution in [2.24, 2.45) is 0 Å². The van der Waals surface area contributed by atoms with E-state index in [9.17, 15) is 5.11 Å². The zero-order valence-corrected chi connectivity index (χ0v) is 20.5. The molecule has 1 N–H and O–H groups in total. The van der Waals surface area contributed by atoms with Crippen LogP contribution in [0.15, 0.2) is 18.2 Å². The van der Waals surface area contributed by atoms with E-state index in [1.807, 2.05) is 6.07 Å². The Balaban J connectivity index is 1.96.